The molecule has 7 heteroatoms. The van der Waals surface area contributed by atoms with Gasteiger partial charge in [-0.3, -0.25) is 4.79 Å². The number of nitrogens with two attached hydrogens (primary N) is 1. The lowest BCUT2D eigenvalue weighted by atomic mass is 10.2. The van der Waals surface area contributed by atoms with Crippen LogP contribution < -0.4 is 15.8 Å². The van der Waals surface area contributed by atoms with Gasteiger partial charge in [0.2, 0.25) is 5.95 Å². The second-order valence-corrected chi connectivity index (χ2v) is 5.88. The van der Waals surface area contributed by atoms with E-state index in [0.29, 0.717) is 13.0 Å². The molecule has 0 aliphatic carbocycles. The zero-order valence-electron chi connectivity index (χ0n) is 15.2. The molecule has 2 aromatic rings. The third kappa shape index (κ3) is 6.06. The molecule has 0 unspecified atom stereocenters. The minimum atomic E-state index is -0.774. The van der Waals surface area contributed by atoms with Crippen LogP contribution in [0.25, 0.3) is 0 Å². The van der Waals surface area contributed by atoms with Gasteiger partial charge in [0, 0.05) is 12.1 Å². The summed E-state index contributed by atoms with van der Waals surface area (Å²) in [5, 5.41) is 2.55. The number of anilines is 1. The van der Waals surface area contributed by atoms with Gasteiger partial charge in [-0.15, -0.1) is 0 Å². The third-order valence-electron chi connectivity index (χ3n) is 3.78. The summed E-state index contributed by atoms with van der Waals surface area (Å²) in [6.07, 6.45) is 6.86. The number of aromatic nitrogens is 1. The van der Waals surface area contributed by atoms with Crippen molar-refractivity contribution in [3.05, 3.63) is 65.4 Å². The molecule has 0 aliphatic heterocycles. The topological polar surface area (TPSA) is 77.2 Å². The molecule has 1 heterocycles. The Labute approximate surface area is 157 Å². The quantitative estimate of drug-likeness (QED) is 0.395. The van der Waals surface area contributed by atoms with Gasteiger partial charge >= 0.3 is 0 Å². The molecule has 0 saturated carbocycles. The van der Waals surface area contributed by atoms with Crippen molar-refractivity contribution in [1.82, 2.24) is 10.3 Å². The molecule has 0 aliphatic rings. The fourth-order valence-electron chi connectivity index (χ4n) is 2.36. The van der Waals surface area contributed by atoms with Gasteiger partial charge in [0.05, 0.1) is 12.2 Å². The average molecular weight is 375 g/mol. The van der Waals surface area contributed by atoms with E-state index in [1.165, 1.54) is 12.1 Å². The molecule has 0 fully saturated rings. The molecule has 3 N–H and O–H groups in total. The Kier molecular flexibility index (Phi) is 7.73. The summed E-state index contributed by atoms with van der Waals surface area (Å²) in [5.74, 6) is -1.95. The van der Waals surface area contributed by atoms with E-state index in [1.807, 2.05) is 6.08 Å². The number of unbranched alkanes of at least 4 members (excludes halogenated alkanes) is 1. The SMILES string of the molecule is CCC/C=C/CCOc1cccc(CNC(=O)c2ccc(F)nc2N)c1F. The Bertz CT molecular complexity index is 810. The number of hydrogen-bond donors (Lipinski definition) is 2. The summed E-state index contributed by atoms with van der Waals surface area (Å²) in [6, 6.07) is 7.01. The van der Waals surface area contributed by atoms with Crippen LogP contribution in [0.3, 0.4) is 0 Å². The van der Waals surface area contributed by atoms with E-state index in [1.54, 1.807) is 12.1 Å². The van der Waals surface area contributed by atoms with Gasteiger partial charge in [0.1, 0.15) is 5.82 Å². The van der Waals surface area contributed by atoms with Crippen LogP contribution in [0.2, 0.25) is 0 Å². The summed E-state index contributed by atoms with van der Waals surface area (Å²) in [7, 11) is 0. The lowest BCUT2D eigenvalue weighted by Crippen LogP contribution is -2.24. The summed E-state index contributed by atoms with van der Waals surface area (Å²) in [4.78, 5) is 15.5. The molecule has 0 atom stereocenters. The van der Waals surface area contributed by atoms with Crippen molar-refractivity contribution in [3.8, 4) is 5.75 Å². The van der Waals surface area contributed by atoms with Crippen LogP contribution in [0.5, 0.6) is 5.75 Å². The van der Waals surface area contributed by atoms with Crippen molar-refractivity contribution in [1.29, 1.82) is 0 Å². The highest BCUT2D eigenvalue weighted by molar-refractivity contribution is 5.98. The van der Waals surface area contributed by atoms with Gasteiger partial charge in [0.15, 0.2) is 11.6 Å². The molecule has 1 aromatic carbocycles. The Morgan fingerprint density at radius 1 is 1.22 bits per heavy atom. The lowest BCUT2D eigenvalue weighted by Gasteiger charge is -2.11. The van der Waals surface area contributed by atoms with Gasteiger partial charge in [0.25, 0.3) is 5.91 Å². The molecule has 0 saturated heterocycles. The number of nitrogen functional groups attached to an aromatic ring is 1. The predicted octanol–water partition coefficient (Wildman–Crippen LogP) is 4.00. The molecular formula is C20H23F2N3O2. The van der Waals surface area contributed by atoms with Gasteiger partial charge in [-0.2, -0.15) is 4.39 Å². The van der Waals surface area contributed by atoms with Crippen LogP contribution in [-0.2, 0) is 6.54 Å². The smallest absolute Gasteiger partial charge is 0.255 e. The maximum atomic E-state index is 14.5. The number of carbonyl (C=O) groups excluding carboxylic acids is 1. The molecule has 5 nitrogen and oxygen atoms in total. The van der Waals surface area contributed by atoms with Gasteiger partial charge < -0.3 is 15.8 Å². The van der Waals surface area contributed by atoms with E-state index < -0.39 is 17.7 Å². The van der Waals surface area contributed by atoms with Crippen LogP contribution in [0, 0.1) is 11.8 Å². The first-order valence-corrected chi connectivity index (χ1v) is 8.78. The monoisotopic (exact) mass is 375 g/mol. The molecule has 1 amide bonds. The summed E-state index contributed by atoms with van der Waals surface area (Å²) >= 11 is 0. The van der Waals surface area contributed by atoms with Crippen molar-refractivity contribution in [3.63, 3.8) is 0 Å². The van der Waals surface area contributed by atoms with Crippen molar-refractivity contribution < 1.29 is 18.3 Å². The normalized spacial score (nSPS) is 10.9. The number of benzene rings is 1. The fourth-order valence-corrected chi connectivity index (χ4v) is 2.36. The standard InChI is InChI=1S/C20H23F2N3O2/c1-2-3-4-5-6-12-27-16-9-7-8-14(18(16)22)13-24-20(26)15-10-11-17(21)25-19(15)23/h4-5,7-11H,2-3,6,12-13H2,1H3,(H2,23,25)(H,24,26)/b5-4+. The molecule has 0 radical (unpaired) electrons. The molecule has 2 rings (SSSR count). The summed E-state index contributed by atoms with van der Waals surface area (Å²) < 4.78 is 32.9. The number of hydrogen-bond acceptors (Lipinski definition) is 4. The van der Waals surface area contributed by atoms with E-state index in [2.05, 4.69) is 23.3 Å². The predicted molar refractivity (Wildman–Crippen MR) is 100 cm³/mol. The second kappa shape index (κ2) is 10.3. The van der Waals surface area contributed by atoms with E-state index in [4.69, 9.17) is 10.5 Å². The number of allylic oxidation sites excluding steroid dienone is 1. The largest absolute Gasteiger partial charge is 0.490 e. The highest BCUT2D eigenvalue weighted by atomic mass is 19.1. The molecule has 0 bridgehead atoms. The Hall–Kier alpha value is -2.96. The first-order chi connectivity index (χ1) is 13.0. The highest BCUT2D eigenvalue weighted by Crippen LogP contribution is 2.21. The van der Waals surface area contributed by atoms with Crippen molar-refractivity contribution in [2.45, 2.75) is 32.7 Å². The molecule has 27 heavy (non-hydrogen) atoms. The first kappa shape index (κ1) is 20.4. The Morgan fingerprint density at radius 3 is 2.74 bits per heavy atom. The number of carbonyl (C=O) groups is 1. The number of halogens is 2. The van der Waals surface area contributed by atoms with Crippen LogP contribution in [0.15, 0.2) is 42.5 Å². The van der Waals surface area contributed by atoms with Gasteiger partial charge in [-0.05, 0) is 31.0 Å². The molecule has 144 valence electrons. The number of pyridine rings is 1. The number of nitrogens with one attached hydrogen (secondary N) is 1. The molecule has 0 spiro atoms. The maximum Gasteiger partial charge on any atom is 0.255 e. The Balaban J connectivity index is 1.94. The fraction of sp³-hybridized carbons (Fsp3) is 0.300. The number of amides is 1. The maximum absolute atomic E-state index is 14.5. The van der Waals surface area contributed by atoms with Gasteiger partial charge in [-0.1, -0.05) is 37.6 Å². The minimum absolute atomic E-state index is 0.0306. The number of rotatable bonds is 9. The minimum Gasteiger partial charge on any atom is -0.490 e. The van der Waals surface area contributed by atoms with E-state index in [9.17, 15) is 13.6 Å². The van der Waals surface area contributed by atoms with Crippen LogP contribution in [0.1, 0.15) is 42.1 Å². The zero-order chi connectivity index (χ0) is 19.6. The second-order valence-electron chi connectivity index (χ2n) is 5.88. The molecule has 1 aromatic heterocycles. The van der Waals surface area contributed by atoms with Crippen molar-refractivity contribution in [2.75, 3.05) is 12.3 Å². The average Bonchev–Trinajstić information content (AvgIpc) is 2.64. The van der Waals surface area contributed by atoms with Crippen LogP contribution >= 0.6 is 0 Å². The zero-order valence-corrected chi connectivity index (χ0v) is 15.2. The summed E-state index contributed by atoms with van der Waals surface area (Å²) in [5.41, 5.74) is 5.84. The van der Waals surface area contributed by atoms with Crippen LogP contribution in [0.4, 0.5) is 14.6 Å². The Morgan fingerprint density at radius 2 is 2.00 bits per heavy atom. The lowest BCUT2D eigenvalue weighted by molar-refractivity contribution is 0.0951. The molecular weight excluding hydrogens is 352 g/mol. The van der Waals surface area contributed by atoms with E-state index in [-0.39, 0.29) is 29.2 Å². The van der Waals surface area contributed by atoms with E-state index >= 15 is 0 Å². The van der Waals surface area contributed by atoms with E-state index in [0.717, 1.165) is 18.9 Å². The first-order valence-electron chi connectivity index (χ1n) is 8.78. The van der Waals surface area contributed by atoms with Crippen molar-refractivity contribution in [2.24, 2.45) is 0 Å². The third-order valence-corrected chi connectivity index (χ3v) is 3.78. The van der Waals surface area contributed by atoms with Crippen molar-refractivity contribution >= 4 is 11.7 Å². The highest BCUT2D eigenvalue weighted by Gasteiger charge is 2.14. The number of ether oxygens (including phenoxy) is 1. The number of nitrogens with zero attached hydrogens (tertiary/aromatic N) is 1. The van der Waals surface area contributed by atoms with Crippen LogP contribution in [-0.4, -0.2) is 17.5 Å². The summed E-state index contributed by atoms with van der Waals surface area (Å²) in [6.45, 7) is 2.40. The van der Waals surface area contributed by atoms with Gasteiger partial charge in [-0.25, -0.2) is 9.37 Å².